The lowest BCUT2D eigenvalue weighted by Crippen LogP contribution is -2.21. The standard InChI is InChI=1S/C18H16N4O4S/c1-25-12-6-7-14(26-2)13(9-12)15-16(27-18(19)20-15)22-21-11-5-3-4-10(8-11)17(23)24/h3-9H,1-2H3,(H2,19,20)(H,23,24)/p-1. The van der Waals surface area contributed by atoms with E-state index in [0.29, 0.717) is 38.6 Å². The van der Waals surface area contributed by atoms with Crippen molar-refractivity contribution in [2.24, 2.45) is 10.2 Å². The van der Waals surface area contributed by atoms with Gasteiger partial charge in [0.1, 0.15) is 17.2 Å². The van der Waals surface area contributed by atoms with Gasteiger partial charge in [0.05, 0.1) is 25.9 Å². The Morgan fingerprint density at radius 1 is 1.15 bits per heavy atom. The minimum absolute atomic E-state index is 0.0185. The van der Waals surface area contributed by atoms with Crippen molar-refractivity contribution in [3.05, 3.63) is 48.0 Å². The average molecular weight is 383 g/mol. The van der Waals surface area contributed by atoms with Gasteiger partial charge in [-0.3, -0.25) is 0 Å². The first-order valence-corrected chi connectivity index (χ1v) is 8.55. The van der Waals surface area contributed by atoms with E-state index in [4.69, 9.17) is 15.2 Å². The minimum atomic E-state index is -1.28. The van der Waals surface area contributed by atoms with E-state index in [2.05, 4.69) is 15.2 Å². The summed E-state index contributed by atoms with van der Waals surface area (Å²) in [5.41, 5.74) is 7.39. The van der Waals surface area contributed by atoms with E-state index in [1.807, 2.05) is 0 Å². The summed E-state index contributed by atoms with van der Waals surface area (Å²) >= 11 is 1.15. The molecule has 0 saturated heterocycles. The second-order valence-corrected chi connectivity index (χ2v) is 6.32. The van der Waals surface area contributed by atoms with Crippen molar-refractivity contribution in [1.82, 2.24) is 4.98 Å². The van der Waals surface area contributed by atoms with Crippen LogP contribution < -0.4 is 20.3 Å². The molecule has 0 aliphatic heterocycles. The molecule has 27 heavy (non-hydrogen) atoms. The van der Waals surface area contributed by atoms with Crippen LogP contribution in [0.25, 0.3) is 11.3 Å². The number of aromatic carboxylic acids is 1. The molecule has 2 N–H and O–H groups in total. The smallest absolute Gasteiger partial charge is 0.182 e. The number of carbonyl (C=O) groups is 1. The molecule has 0 radical (unpaired) electrons. The van der Waals surface area contributed by atoms with Gasteiger partial charge in [-0.25, -0.2) is 4.98 Å². The Kier molecular flexibility index (Phi) is 5.32. The molecule has 1 heterocycles. The molecule has 3 rings (SSSR count). The van der Waals surface area contributed by atoms with E-state index in [9.17, 15) is 9.90 Å². The maximum Gasteiger partial charge on any atom is 0.182 e. The van der Waals surface area contributed by atoms with E-state index in [-0.39, 0.29) is 5.56 Å². The average Bonchev–Trinajstić information content (AvgIpc) is 3.06. The molecule has 138 valence electrons. The summed E-state index contributed by atoms with van der Waals surface area (Å²) in [6.07, 6.45) is 0. The first kappa shape index (κ1) is 18.3. The van der Waals surface area contributed by atoms with Gasteiger partial charge >= 0.3 is 0 Å². The number of anilines is 1. The second kappa shape index (κ2) is 7.83. The number of carboxylic acids is 1. The number of ether oxygens (including phenoxy) is 2. The largest absolute Gasteiger partial charge is 0.545 e. The minimum Gasteiger partial charge on any atom is -0.545 e. The van der Waals surface area contributed by atoms with E-state index in [1.54, 1.807) is 44.6 Å². The lowest BCUT2D eigenvalue weighted by Gasteiger charge is -2.09. The first-order valence-electron chi connectivity index (χ1n) is 7.73. The van der Waals surface area contributed by atoms with Crippen molar-refractivity contribution >= 4 is 33.1 Å². The number of methoxy groups -OCH3 is 2. The number of aromatic nitrogens is 1. The van der Waals surface area contributed by atoms with Crippen LogP contribution >= 0.6 is 11.3 Å². The zero-order valence-electron chi connectivity index (χ0n) is 14.5. The van der Waals surface area contributed by atoms with Gasteiger partial charge in [0.15, 0.2) is 10.1 Å². The molecule has 0 bridgehead atoms. The van der Waals surface area contributed by atoms with Crippen molar-refractivity contribution < 1.29 is 19.4 Å². The quantitative estimate of drug-likeness (QED) is 0.652. The van der Waals surface area contributed by atoms with Crippen molar-refractivity contribution in [1.29, 1.82) is 0 Å². The number of hydrogen-bond acceptors (Lipinski definition) is 9. The number of nitrogens with zero attached hydrogens (tertiary/aromatic N) is 3. The lowest BCUT2D eigenvalue weighted by atomic mass is 10.1. The van der Waals surface area contributed by atoms with Crippen LogP contribution in [0.1, 0.15) is 10.4 Å². The topological polar surface area (TPSA) is 122 Å². The third kappa shape index (κ3) is 4.04. The van der Waals surface area contributed by atoms with Gasteiger partial charge in [-0.1, -0.05) is 23.5 Å². The van der Waals surface area contributed by atoms with Crippen LogP contribution in [-0.2, 0) is 0 Å². The van der Waals surface area contributed by atoms with Crippen molar-refractivity contribution in [2.75, 3.05) is 20.0 Å². The number of thiazole rings is 1. The van der Waals surface area contributed by atoms with Gasteiger partial charge in [-0.15, -0.1) is 10.2 Å². The molecule has 0 aliphatic carbocycles. The fourth-order valence-corrected chi connectivity index (χ4v) is 3.04. The molecule has 3 aromatic rings. The summed E-state index contributed by atoms with van der Waals surface area (Å²) in [6.45, 7) is 0. The number of benzene rings is 2. The van der Waals surface area contributed by atoms with Gasteiger partial charge in [0.25, 0.3) is 0 Å². The van der Waals surface area contributed by atoms with Crippen molar-refractivity contribution in [3.63, 3.8) is 0 Å². The maximum atomic E-state index is 11.0. The van der Waals surface area contributed by atoms with Crippen LogP contribution in [0.4, 0.5) is 15.8 Å². The fourth-order valence-electron chi connectivity index (χ4n) is 2.37. The molecule has 9 heteroatoms. The first-order chi connectivity index (χ1) is 13.0. The Morgan fingerprint density at radius 3 is 2.67 bits per heavy atom. The molecule has 0 unspecified atom stereocenters. The summed E-state index contributed by atoms with van der Waals surface area (Å²) in [5.74, 6) is -0.0747. The van der Waals surface area contributed by atoms with Gasteiger partial charge in [-0.05, 0) is 35.9 Å². The Hall–Kier alpha value is -3.46. The fraction of sp³-hybridized carbons (Fsp3) is 0.111. The maximum absolute atomic E-state index is 11.0. The highest BCUT2D eigenvalue weighted by Crippen LogP contribution is 2.42. The number of hydrogen-bond donors (Lipinski definition) is 1. The zero-order valence-corrected chi connectivity index (χ0v) is 15.3. The van der Waals surface area contributed by atoms with Gasteiger partial charge in [0, 0.05) is 5.56 Å². The van der Waals surface area contributed by atoms with Gasteiger partial charge in [0.2, 0.25) is 0 Å². The summed E-state index contributed by atoms with van der Waals surface area (Å²) in [5, 5.41) is 20.0. The lowest BCUT2D eigenvalue weighted by molar-refractivity contribution is -0.255. The third-order valence-corrected chi connectivity index (χ3v) is 4.39. The predicted molar refractivity (Wildman–Crippen MR) is 100 cm³/mol. The van der Waals surface area contributed by atoms with E-state index < -0.39 is 5.97 Å². The Bertz CT molecular complexity index is 1020. The van der Waals surface area contributed by atoms with Crippen molar-refractivity contribution in [2.45, 2.75) is 0 Å². The third-order valence-electron chi connectivity index (χ3n) is 3.63. The highest BCUT2D eigenvalue weighted by Gasteiger charge is 2.17. The van der Waals surface area contributed by atoms with Gasteiger partial charge in [-0.2, -0.15) is 0 Å². The number of azo groups is 1. The summed E-state index contributed by atoms with van der Waals surface area (Å²) in [6, 6.07) is 11.3. The summed E-state index contributed by atoms with van der Waals surface area (Å²) in [4.78, 5) is 15.3. The number of carboxylic acid groups (broad SMARTS) is 1. The number of carbonyl (C=O) groups excluding carboxylic acids is 1. The Balaban J connectivity index is 2.02. The molecule has 0 fully saturated rings. The molecule has 1 aromatic heterocycles. The SMILES string of the molecule is COc1ccc(OC)c(-c2nc(N)sc2N=Nc2cccc(C(=O)[O-])c2)c1. The summed E-state index contributed by atoms with van der Waals surface area (Å²) < 4.78 is 10.7. The van der Waals surface area contributed by atoms with Crippen LogP contribution in [0, 0.1) is 0 Å². The Labute approximate surface area is 158 Å². The number of rotatable bonds is 6. The normalized spacial score (nSPS) is 10.9. The molecule has 0 amide bonds. The molecule has 0 aliphatic rings. The Morgan fingerprint density at radius 2 is 1.96 bits per heavy atom. The zero-order chi connectivity index (χ0) is 19.4. The highest BCUT2D eigenvalue weighted by molar-refractivity contribution is 7.19. The molecular weight excluding hydrogens is 368 g/mol. The number of nitrogen functional groups attached to an aromatic ring is 1. The molecular formula is C18H15N4O4S-. The van der Waals surface area contributed by atoms with Crippen LogP contribution in [0.2, 0.25) is 0 Å². The molecule has 8 nitrogen and oxygen atoms in total. The highest BCUT2D eigenvalue weighted by atomic mass is 32.1. The summed E-state index contributed by atoms with van der Waals surface area (Å²) in [7, 11) is 3.11. The van der Waals surface area contributed by atoms with Crippen LogP contribution in [0.3, 0.4) is 0 Å². The molecule has 2 aromatic carbocycles. The van der Waals surface area contributed by atoms with E-state index in [0.717, 1.165) is 11.3 Å². The predicted octanol–water partition coefficient (Wildman–Crippen LogP) is 3.19. The molecule has 0 saturated carbocycles. The van der Waals surface area contributed by atoms with Gasteiger partial charge < -0.3 is 25.1 Å². The second-order valence-electron chi connectivity index (χ2n) is 5.31. The van der Waals surface area contributed by atoms with E-state index >= 15 is 0 Å². The molecule has 0 atom stereocenters. The van der Waals surface area contributed by atoms with E-state index in [1.165, 1.54) is 12.1 Å². The van der Waals surface area contributed by atoms with Crippen LogP contribution in [0.15, 0.2) is 52.7 Å². The van der Waals surface area contributed by atoms with Crippen molar-refractivity contribution in [3.8, 4) is 22.8 Å². The number of nitrogens with two attached hydrogens (primary N) is 1. The van der Waals surface area contributed by atoms with Crippen LogP contribution in [-0.4, -0.2) is 25.2 Å². The monoisotopic (exact) mass is 383 g/mol. The van der Waals surface area contributed by atoms with Crippen LogP contribution in [0.5, 0.6) is 11.5 Å². The molecule has 0 spiro atoms.